The molecule has 0 aromatic rings. The predicted octanol–water partition coefficient (Wildman–Crippen LogP) is 1.96. The van der Waals surface area contributed by atoms with Gasteiger partial charge >= 0.3 is 0 Å². The number of ether oxygens (including phenoxy) is 2. The predicted molar refractivity (Wildman–Crippen MR) is 77.1 cm³/mol. The Labute approximate surface area is 121 Å². The molecule has 7 unspecified atom stereocenters. The maximum Gasteiger partial charge on any atom is 0.162 e. The molecule has 2 saturated carbocycles. The topological polar surface area (TPSA) is 58.9 Å². The Hall–Kier alpha value is -0.420. The van der Waals surface area contributed by atoms with Crippen molar-refractivity contribution in [2.45, 2.75) is 51.6 Å². The van der Waals surface area contributed by atoms with Gasteiger partial charge in [-0.3, -0.25) is 0 Å². The number of hydrogen-bond acceptors (Lipinski definition) is 4. The van der Waals surface area contributed by atoms with Crippen LogP contribution in [0.15, 0.2) is 12.7 Å². The van der Waals surface area contributed by atoms with Gasteiger partial charge in [0.25, 0.3) is 0 Å². The summed E-state index contributed by atoms with van der Waals surface area (Å²) in [6, 6.07) is 0. The molecule has 2 aliphatic carbocycles. The molecule has 0 spiro atoms. The summed E-state index contributed by atoms with van der Waals surface area (Å²) in [4.78, 5) is 0. The molecule has 4 heteroatoms. The molecule has 2 fully saturated rings. The van der Waals surface area contributed by atoms with E-state index in [1.165, 1.54) is 0 Å². The molecule has 7 atom stereocenters. The van der Waals surface area contributed by atoms with Crippen LogP contribution in [0, 0.1) is 23.2 Å². The first-order valence-corrected chi connectivity index (χ1v) is 7.56. The highest BCUT2D eigenvalue weighted by Crippen LogP contribution is 2.57. The molecule has 0 radical (unpaired) electrons. The van der Waals surface area contributed by atoms with Crippen LogP contribution < -0.4 is 0 Å². The third-order valence-electron chi connectivity index (χ3n) is 5.68. The first kappa shape index (κ1) is 16.0. The van der Waals surface area contributed by atoms with E-state index < -0.39 is 12.4 Å². The number of rotatable bonds is 5. The third kappa shape index (κ3) is 2.54. The van der Waals surface area contributed by atoms with Crippen LogP contribution >= 0.6 is 0 Å². The smallest absolute Gasteiger partial charge is 0.162 e. The van der Waals surface area contributed by atoms with Gasteiger partial charge in [0.05, 0.1) is 18.8 Å². The summed E-state index contributed by atoms with van der Waals surface area (Å²) in [5, 5.41) is 20.8. The van der Waals surface area contributed by atoms with Crippen LogP contribution in [0.4, 0.5) is 0 Å². The highest BCUT2D eigenvalue weighted by molar-refractivity contribution is 5.06. The minimum Gasteiger partial charge on any atom is -0.393 e. The van der Waals surface area contributed by atoms with Gasteiger partial charge in [-0.05, 0) is 36.5 Å². The van der Waals surface area contributed by atoms with Gasteiger partial charge in [-0.25, -0.2) is 0 Å². The second kappa shape index (κ2) is 6.14. The summed E-state index contributed by atoms with van der Waals surface area (Å²) in [6.45, 7) is 8.35. The van der Waals surface area contributed by atoms with E-state index in [4.69, 9.17) is 9.47 Å². The fourth-order valence-corrected chi connectivity index (χ4v) is 4.33. The SMILES string of the molecule is C=CCOC(OC)C1CC2CC(O)CC(C)C2(C)C1O. The zero-order valence-electron chi connectivity index (χ0n) is 12.8. The van der Waals surface area contributed by atoms with Gasteiger partial charge in [0.1, 0.15) is 0 Å². The second-order valence-corrected chi connectivity index (χ2v) is 6.66. The van der Waals surface area contributed by atoms with Crippen LogP contribution in [0.25, 0.3) is 0 Å². The fraction of sp³-hybridized carbons (Fsp3) is 0.875. The van der Waals surface area contributed by atoms with Gasteiger partial charge in [-0.15, -0.1) is 6.58 Å². The molecule has 0 heterocycles. The standard InChI is InChI=1S/C16H28O4/c1-5-6-20-15(19-4)13-9-11-8-12(17)7-10(2)16(11,3)14(13)18/h5,10-15,17-18H,1,6-9H2,2-4H3. The van der Waals surface area contributed by atoms with E-state index in [1.807, 2.05) is 0 Å². The van der Waals surface area contributed by atoms with Crippen molar-refractivity contribution in [1.29, 1.82) is 0 Å². The molecule has 0 amide bonds. The zero-order chi connectivity index (χ0) is 14.9. The van der Waals surface area contributed by atoms with Crippen LogP contribution in [0.5, 0.6) is 0 Å². The lowest BCUT2D eigenvalue weighted by Crippen LogP contribution is -2.47. The summed E-state index contributed by atoms with van der Waals surface area (Å²) >= 11 is 0. The normalized spacial score (nSPS) is 46.0. The zero-order valence-corrected chi connectivity index (χ0v) is 12.8. The van der Waals surface area contributed by atoms with E-state index in [9.17, 15) is 10.2 Å². The monoisotopic (exact) mass is 284 g/mol. The van der Waals surface area contributed by atoms with E-state index in [0.717, 1.165) is 19.3 Å². The largest absolute Gasteiger partial charge is 0.393 e. The summed E-state index contributed by atoms with van der Waals surface area (Å²) in [6.07, 6.45) is 2.96. The highest BCUT2D eigenvalue weighted by Gasteiger charge is 2.58. The summed E-state index contributed by atoms with van der Waals surface area (Å²) in [7, 11) is 1.61. The van der Waals surface area contributed by atoms with Crippen LogP contribution in [0.3, 0.4) is 0 Å². The minimum absolute atomic E-state index is 0.0392. The molecule has 0 aromatic carbocycles. The Balaban J connectivity index is 2.16. The molecule has 2 aliphatic rings. The highest BCUT2D eigenvalue weighted by atomic mass is 16.7. The van der Waals surface area contributed by atoms with Crippen molar-refractivity contribution in [2.75, 3.05) is 13.7 Å². The lowest BCUT2D eigenvalue weighted by molar-refractivity contribution is -0.175. The second-order valence-electron chi connectivity index (χ2n) is 6.66. The summed E-state index contributed by atoms with van der Waals surface area (Å²) in [5.41, 5.74) is -0.155. The van der Waals surface area contributed by atoms with Gasteiger partial charge in [0.2, 0.25) is 0 Å². The number of fused-ring (bicyclic) bond motifs is 1. The quantitative estimate of drug-likeness (QED) is 0.598. The molecular formula is C16H28O4. The summed E-state index contributed by atoms with van der Waals surface area (Å²) in [5.74, 6) is 0.585. The lowest BCUT2D eigenvalue weighted by Gasteiger charge is -2.46. The lowest BCUT2D eigenvalue weighted by atomic mass is 9.61. The summed E-state index contributed by atoms with van der Waals surface area (Å²) < 4.78 is 11.1. The molecule has 116 valence electrons. The Morgan fingerprint density at radius 2 is 2.05 bits per heavy atom. The molecule has 20 heavy (non-hydrogen) atoms. The Morgan fingerprint density at radius 1 is 1.35 bits per heavy atom. The first-order chi connectivity index (χ1) is 9.44. The minimum atomic E-state index is -0.454. The van der Waals surface area contributed by atoms with Gasteiger partial charge in [-0.2, -0.15) is 0 Å². The van der Waals surface area contributed by atoms with Gasteiger partial charge in [-0.1, -0.05) is 19.9 Å². The third-order valence-corrected chi connectivity index (χ3v) is 5.68. The Morgan fingerprint density at radius 3 is 2.65 bits per heavy atom. The molecule has 0 bridgehead atoms. The number of hydrogen-bond donors (Lipinski definition) is 2. The van der Waals surface area contributed by atoms with E-state index in [1.54, 1.807) is 13.2 Å². The van der Waals surface area contributed by atoms with Crippen molar-refractivity contribution in [3.05, 3.63) is 12.7 Å². The maximum atomic E-state index is 10.8. The molecule has 0 aromatic heterocycles. The van der Waals surface area contributed by atoms with Gasteiger partial charge in [0.15, 0.2) is 6.29 Å². The van der Waals surface area contributed by atoms with Crippen LogP contribution in [0.2, 0.25) is 0 Å². The van der Waals surface area contributed by atoms with Crippen molar-refractivity contribution >= 4 is 0 Å². The van der Waals surface area contributed by atoms with Crippen LogP contribution in [0.1, 0.15) is 33.1 Å². The van der Waals surface area contributed by atoms with Crippen molar-refractivity contribution in [3.8, 4) is 0 Å². The molecule has 0 saturated heterocycles. The van der Waals surface area contributed by atoms with E-state index in [-0.39, 0.29) is 17.4 Å². The fourth-order valence-electron chi connectivity index (χ4n) is 4.33. The Kier molecular flexibility index (Phi) is 4.90. The van der Waals surface area contributed by atoms with E-state index >= 15 is 0 Å². The number of aliphatic hydroxyl groups excluding tert-OH is 2. The van der Waals surface area contributed by atoms with Crippen molar-refractivity contribution in [1.82, 2.24) is 0 Å². The van der Waals surface area contributed by atoms with Crippen molar-refractivity contribution < 1.29 is 19.7 Å². The van der Waals surface area contributed by atoms with Gasteiger partial charge in [0, 0.05) is 13.0 Å². The van der Waals surface area contributed by atoms with E-state index in [2.05, 4.69) is 20.4 Å². The van der Waals surface area contributed by atoms with E-state index in [0.29, 0.717) is 18.4 Å². The van der Waals surface area contributed by atoms with Crippen molar-refractivity contribution in [3.63, 3.8) is 0 Å². The maximum absolute atomic E-state index is 10.8. The van der Waals surface area contributed by atoms with Crippen LogP contribution in [-0.2, 0) is 9.47 Å². The average Bonchev–Trinajstić information content (AvgIpc) is 2.66. The van der Waals surface area contributed by atoms with Crippen LogP contribution in [-0.4, -0.2) is 42.4 Å². The first-order valence-electron chi connectivity index (χ1n) is 7.56. The molecule has 0 aliphatic heterocycles. The number of methoxy groups -OCH3 is 1. The molecule has 4 nitrogen and oxygen atoms in total. The Bertz CT molecular complexity index is 345. The van der Waals surface area contributed by atoms with Crippen molar-refractivity contribution in [2.24, 2.45) is 23.2 Å². The van der Waals surface area contributed by atoms with Gasteiger partial charge < -0.3 is 19.7 Å². The molecular weight excluding hydrogens is 256 g/mol. The molecule has 2 rings (SSSR count). The average molecular weight is 284 g/mol. The number of aliphatic hydroxyl groups is 2. The molecule has 2 N–H and O–H groups in total.